The average molecular weight is 448 g/mol. The molecule has 0 amide bonds. The second-order valence-corrected chi connectivity index (χ2v) is 8.80. The topological polar surface area (TPSA) is 104 Å². The van der Waals surface area contributed by atoms with Crippen molar-refractivity contribution in [2.24, 2.45) is 5.73 Å². The molecule has 0 rings (SSSR count). The molecule has 0 aliphatic heterocycles. The van der Waals surface area contributed by atoms with Gasteiger partial charge in [0, 0.05) is 0 Å². The van der Waals surface area contributed by atoms with Crippen LogP contribution in [-0.2, 0) is 4.57 Å². The van der Waals surface area contributed by atoms with E-state index in [1.165, 1.54) is 70.6 Å². The van der Waals surface area contributed by atoms with Crippen molar-refractivity contribution in [1.82, 2.24) is 0 Å². The van der Waals surface area contributed by atoms with Gasteiger partial charge in [-0.25, -0.2) is 0 Å². The number of nitrogens with two attached hydrogens (primary N) is 1. The van der Waals surface area contributed by atoms with Crippen LogP contribution in [0, 0.1) is 5.75 Å². The van der Waals surface area contributed by atoms with Gasteiger partial charge in [-0.3, -0.25) is 0 Å². The summed E-state index contributed by atoms with van der Waals surface area (Å²) in [5.74, 6) is 2.62. The van der Waals surface area contributed by atoms with Crippen LogP contribution in [0.1, 0.15) is 84.0 Å². The number of unbranched alkanes of at least 4 members (excludes halogenated alkanes) is 11. The number of hydrogen-bond acceptors (Lipinski definition) is 5. The van der Waals surface area contributed by atoms with Crippen molar-refractivity contribution in [1.29, 1.82) is 0 Å². The van der Waals surface area contributed by atoms with Crippen LogP contribution in [0.4, 0.5) is 0 Å². The van der Waals surface area contributed by atoms with Crippen molar-refractivity contribution >= 4 is 7.92 Å². The first kappa shape index (κ1) is 31.7. The molecule has 2 atom stereocenters. The summed E-state index contributed by atoms with van der Waals surface area (Å²) < 4.78 is 10.3. The van der Waals surface area contributed by atoms with E-state index in [1.54, 1.807) is 6.08 Å². The maximum atomic E-state index is 9.98. The first-order valence-electron chi connectivity index (χ1n) is 11.6. The molecule has 2 unspecified atom stereocenters. The zero-order valence-corrected chi connectivity index (χ0v) is 20.5. The van der Waals surface area contributed by atoms with E-state index in [9.17, 15) is 9.67 Å². The molecule has 0 heterocycles. The Morgan fingerprint density at radius 3 is 1.90 bits per heavy atom. The summed E-state index contributed by atoms with van der Waals surface area (Å²) in [6, 6.07) is -0.557. The summed E-state index contributed by atoms with van der Waals surface area (Å²) >= 11 is 0. The number of allylic oxidation sites excluding steroid dienone is 1. The van der Waals surface area contributed by atoms with Gasteiger partial charge in [0.2, 0.25) is 0 Å². The zero-order chi connectivity index (χ0) is 23.1. The maximum absolute atomic E-state index is 9.98. The average Bonchev–Trinajstić information content (AvgIpc) is 2.71. The van der Waals surface area contributed by atoms with Gasteiger partial charge in [0.05, 0.1) is 18.8 Å². The predicted octanol–water partition coefficient (Wildman–Crippen LogP) is 4.19. The van der Waals surface area contributed by atoms with E-state index in [0.717, 1.165) is 6.42 Å². The number of rotatable bonds is 17. The Labute approximate surface area is 186 Å². The van der Waals surface area contributed by atoms with Crippen molar-refractivity contribution in [2.75, 3.05) is 33.9 Å². The van der Waals surface area contributed by atoms with Gasteiger partial charge in [0.25, 0.3) is 0 Å². The van der Waals surface area contributed by atoms with Crippen LogP contribution in [0.5, 0.6) is 0 Å². The summed E-state index contributed by atoms with van der Waals surface area (Å²) in [6.07, 6.45) is 18.8. The van der Waals surface area contributed by atoms with E-state index in [4.69, 9.17) is 15.9 Å². The van der Waals surface area contributed by atoms with Crippen LogP contribution in [0.2, 0.25) is 0 Å². The molecule has 0 bridgehead atoms. The molecule has 0 aliphatic carbocycles. The molecule has 0 aromatic rings. The fourth-order valence-electron chi connectivity index (χ4n) is 2.82. The zero-order valence-electron chi connectivity index (χ0n) is 19.6. The number of hydrogen-bond donors (Lipinski definition) is 4. The molecule has 0 radical (unpaired) electrons. The van der Waals surface area contributed by atoms with E-state index < -0.39 is 12.1 Å². The van der Waals surface area contributed by atoms with Gasteiger partial charge in [-0.15, -0.1) is 0 Å². The summed E-state index contributed by atoms with van der Waals surface area (Å²) in [4.78, 5) is 0. The van der Waals surface area contributed by atoms with Gasteiger partial charge < -0.3 is 15.9 Å². The predicted molar refractivity (Wildman–Crippen MR) is 127 cm³/mol. The first-order chi connectivity index (χ1) is 14.3. The number of aliphatic hydroxyl groups excluding tert-OH is 3. The molecule has 0 aromatic heterocycles. The fourth-order valence-corrected chi connectivity index (χ4v) is 3.14. The summed E-state index contributed by atoms with van der Waals surface area (Å²) in [7, 11) is 3.54. The Bertz CT molecular complexity index is 494. The monoisotopic (exact) mass is 447 g/mol. The minimum absolute atomic E-state index is 0.0928. The van der Waals surface area contributed by atoms with E-state index >= 15 is 0 Å². The molecule has 0 spiro atoms. The molecule has 7 heteroatoms. The molecule has 30 heavy (non-hydrogen) atoms. The Morgan fingerprint density at radius 2 is 1.47 bits per heavy atom. The van der Waals surface area contributed by atoms with Gasteiger partial charge >= 0.3 is 55.1 Å². The van der Waals surface area contributed by atoms with Crippen molar-refractivity contribution in [3.05, 3.63) is 12.2 Å². The second-order valence-electron chi connectivity index (χ2n) is 8.41. The van der Waals surface area contributed by atoms with Crippen LogP contribution in [-0.4, -0.2) is 65.8 Å². The standard InChI is InChI=1S/C18H37NO2.C5H11NO2P/c1-2-3-4-5-6-7-8-9-10-11-12-13-14-15-18(21)17(19)16-20;1-6(2,3-4-7)5-9-8/h14-15,17-18,20-21H,2-13,16,19H2,1H3;7H,3-4H2,1-2H3/q;+1/b15-14+;. The fraction of sp³-hybridized carbons (Fsp3) is 0.870. The molecular weight excluding hydrogens is 399 g/mol. The number of nitrogens with zero attached hydrogens (tertiary/aromatic N) is 1. The molecule has 0 saturated heterocycles. The Kier molecular flexibility index (Phi) is 24.6. The van der Waals surface area contributed by atoms with Crippen LogP contribution in [0.3, 0.4) is 0 Å². The van der Waals surface area contributed by atoms with Gasteiger partial charge in [-0.05, 0) is 12.8 Å². The quantitative estimate of drug-likeness (QED) is 0.116. The minimum atomic E-state index is -0.720. The van der Waals surface area contributed by atoms with Gasteiger partial charge in [-0.1, -0.05) is 83.3 Å². The molecule has 0 aliphatic rings. The summed E-state index contributed by atoms with van der Waals surface area (Å²) in [5.41, 5.74) is 5.51. The normalized spacial score (nSPS) is 13.4. The number of quaternary nitrogens is 1. The van der Waals surface area contributed by atoms with Crippen LogP contribution in [0.25, 0.3) is 0 Å². The third-order valence-corrected chi connectivity index (χ3v) is 5.55. The van der Waals surface area contributed by atoms with Crippen molar-refractivity contribution in [2.45, 2.75) is 96.1 Å². The first-order valence-corrected chi connectivity index (χ1v) is 12.4. The third-order valence-electron chi connectivity index (χ3n) is 4.93. The van der Waals surface area contributed by atoms with Crippen molar-refractivity contribution < 1.29 is 24.4 Å². The SMILES string of the molecule is CCCCCCCCCCCCC/C=C/C(O)C(N)CO.C[N+](C)(C#P=O)CCO. The molecule has 6 nitrogen and oxygen atoms in total. The Hall–Kier alpha value is -0.450. The molecule has 0 aromatic carbocycles. The Balaban J connectivity index is 0. The molecule has 0 fully saturated rings. The van der Waals surface area contributed by atoms with Crippen LogP contribution in [0.15, 0.2) is 12.2 Å². The van der Waals surface area contributed by atoms with Crippen molar-refractivity contribution in [3.8, 4) is 5.75 Å². The number of likely N-dealkylation sites (N-methyl/N-ethyl adjacent to an activating group) is 1. The van der Waals surface area contributed by atoms with E-state index in [1.807, 2.05) is 20.2 Å². The summed E-state index contributed by atoms with van der Waals surface area (Å²) in [6.45, 7) is 2.73. The number of aliphatic hydroxyl groups is 3. The molecular formula is C23H48N2O4P+. The molecule has 178 valence electrons. The van der Waals surface area contributed by atoms with Gasteiger partial charge in [0.1, 0.15) is 0 Å². The van der Waals surface area contributed by atoms with E-state index in [-0.39, 0.29) is 21.1 Å². The third kappa shape index (κ3) is 23.8. The summed E-state index contributed by atoms with van der Waals surface area (Å²) in [5, 5.41) is 26.8. The van der Waals surface area contributed by atoms with E-state index in [0.29, 0.717) is 11.0 Å². The second kappa shape index (κ2) is 23.2. The van der Waals surface area contributed by atoms with Gasteiger partial charge in [-0.2, -0.15) is 0 Å². The molecule has 5 N–H and O–H groups in total. The van der Waals surface area contributed by atoms with Gasteiger partial charge in [0.15, 0.2) is 0 Å². The van der Waals surface area contributed by atoms with Crippen LogP contribution < -0.4 is 5.73 Å². The van der Waals surface area contributed by atoms with E-state index in [2.05, 4.69) is 12.7 Å². The van der Waals surface area contributed by atoms with Crippen molar-refractivity contribution in [3.63, 3.8) is 0 Å². The Morgan fingerprint density at radius 1 is 0.967 bits per heavy atom. The van der Waals surface area contributed by atoms with Crippen LogP contribution >= 0.6 is 7.92 Å². The molecule has 0 saturated carbocycles.